The number of nitrogens with zero attached hydrogens (tertiary/aromatic N) is 1. The van der Waals surface area contributed by atoms with E-state index < -0.39 is 22.0 Å². The summed E-state index contributed by atoms with van der Waals surface area (Å²) >= 11 is 5.47. The number of alkyl halides is 1. The van der Waals surface area contributed by atoms with Crippen molar-refractivity contribution in [2.75, 3.05) is 11.6 Å². The second-order valence-electron chi connectivity index (χ2n) is 3.72. The van der Waals surface area contributed by atoms with Gasteiger partial charge >= 0.3 is 0 Å². The molecule has 1 rings (SSSR count). The molecular formula is C10H14ClNO4S. The number of aromatic nitrogens is 1. The normalized spacial score (nSPS) is 13.6. The van der Waals surface area contributed by atoms with E-state index in [2.05, 4.69) is 0 Å². The number of aliphatic hydroxyl groups excluding tert-OH is 1. The standard InChI is InChI=1S/C10H14ClNO4S/c11-7-10(13)8-12-4-1-9(2-5-12)3-6-17(14,15)16/h1-2,4-5,10,13H,3,6-8H2/t10-/m0/s1. The van der Waals surface area contributed by atoms with E-state index in [1.54, 1.807) is 29.1 Å². The number of pyridine rings is 1. The van der Waals surface area contributed by atoms with Crippen molar-refractivity contribution >= 4 is 21.7 Å². The van der Waals surface area contributed by atoms with Crippen molar-refractivity contribution < 1.29 is 22.6 Å². The van der Waals surface area contributed by atoms with Gasteiger partial charge in [-0.1, -0.05) is 0 Å². The number of hydrogen-bond acceptors (Lipinski definition) is 4. The van der Waals surface area contributed by atoms with E-state index in [-0.39, 0.29) is 12.3 Å². The second-order valence-corrected chi connectivity index (χ2v) is 5.56. The minimum atomic E-state index is -4.17. The minimum absolute atomic E-state index is 0.156. The van der Waals surface area contributed by atoms with Crippen molar-refractivity contribution in [2.24, 2.45) is 0 Å². The first-order valence-corrected chi connectivity index (χ1v) is 7.17. The Kier molecular flexibility index (Phi) is 5.32. The van der Waals surface area contributed by atoms with Crippen LogP contribution in [0.5, 0.6) is 0 Å². The van der Waals surface area contributed by atoms with Crippen LogP contribution in [-0.2, 0) is 23.1 Å². The van der Waals surface area contributed by atoms with Crippen LogP contribution in [0.4, 0.5) is 0 Å². The van der Waals surface area contributed by atoms with Gasteiger partial charge in [-0.05, 0) is 12.0 Å². The molecule has 0 aromatic carbocycles. The van der Waals surface area contributed by atoms with Gasteiger partial charge in [0.05, 0.1) is 16.0 Å². The Morgan fingerprint density at radius 1 is 1.41 bits per heavy atom. The Morgan fingerprint density at radius 2 is 2.00 bits per heavy atom. The van der Waals surface area contributed by atoms with Gasteiger partial charge in [0.1, 0.15) is 6.10 Å². The quantitative estimate of drug-likeness (QED) is 0.439. The Labute approximate surface area is 105 Å². The van der Waals surface area contributed by atoms with Gasteiger partial charge in [0.2, 0.25) is 0 Å². The summed E-state index contributed by atoms with van der Waals surface area (Å²) in [5.41, 5.74) is 0.765. The van der Waals surface area contributed by atoms with Crippen molar-refractivity contribution in [3.05, 3.63) is 30.1 Å². The minimum Gasteiger partial charge on any atom is -0.748 e. The third kappa shape index (κ3) is 5.97. The van der Waals surface area contributed by atoms with E-state index in [4.69, 9.17) is 11.6 Å². The molecule has 1 aromatic heterocycles. The van der Waals surface area contributed by atoms with Crippen molar-refractivity contribution in [3.8, 4) is 0 Å². The number of hydrogen-bond donors (Lipinski definition) is 1. The molecule has 0 saturated carbocycles. The molecule has 0 aliphatic heterocycles. The molecule has 17 heavy (non-hydrogen) atoms. The first-order valence-electron chi connectivity index (χ1n) is 5.06. The third-order valence-corrected chi connectivity index (χ3v) is 3.26. The number of aryl methyl sites for hydroxylation is 1. The first-order chi connectivity index (χ1) is 7.90. The molecule has 5 nitrogen and oxygen atoms in total. The smallest absolute Gasteiger partial charge is 0.175 e. The summed E-state index contributed by atoms with van der Waals surface area (Å²) < 4.78 is 33.1. The zero-order chi connectivity index (χ0) is 12.9. The fraction of sp³-hybridized carbons (Fsp3) is 0.500. The van der Waals surface area contributed by atoms with E-state index in [0.717, 1.165) is 5.56 Å². The Hall–Kier alpha value is -0.690. The van der Waals surface area contributed by atoms with Crippen LogP contribution in [-0.4, -0.2) is 35.8 Å². The molecule has 0 bridgehead atoms. The fourth-order valence-corrected chi connectivity index (χ4v) is 1.89. The zero-order valence-electron chi connectivity index (χ0n) is 9.12. The molecule has 1 aromatic rings. The van der Waals surface area contributed by atoms with Crippen LogP contribution in [0.1, 0.15) is 5.56 Å². The van der Waals surface area contributed by atoms with E-state index in [9.17, 15) is 18.1 Å². The maximum atomic E-state index is 10.4. The number of aliphatic hydroxyl groups is 1. The molecule has 0 spiro atoms. The Bertz CT molecular complexity index is 446. The topological polar surface area (TPSA) is 81.3 Å². The largest absolute Gasteiger partial charge is 0.748 e. The van der Waals surface area contributed by atoms with E-state index in [1.807, 2.05) is 0 Å². The average Bonchev–Trinajstić information content (AvgIpc) is 2.27. The molecule has 0 radical (unpaired) electrons. The van der Waals surface area contributed by atoms with Crippen LogP contribution >= 0.6 is 11.6 Å². The lowest BCUT2D eigenvalue weighted by atomic mass is 10.2. The first kappa shape index (κ1) is 14.4. The molecule has 7 heteroatoms. The molecule has 0 aliphatic rings. The zero-order valence-corrected chi connectivity index (χ0v) is 10.7. The summed E-state index contributed by atoms with van der Waals surface area (Å²) in [5, 5.41) is 9.32. The second kappa shape index (κ2) is 6.30. The van der Waals surface area contributed by atoms with Crippen molar-refractivity contribution in [1.82, 2.24) is 0 Å². The van der Waals surface area contributed by atoms with Gasteiger partial charge in [-0.25, -0.2) is 13.0 Å². The predicted octanol–water partition coefficient (Wildman–Crippen LogP) is -0.338. The third-order valence-electron chi connectivity index (χ3n) is 2.20. The molecule has 1 heterocycles. The van der Waals surface area contributed by atoms with Crippen LogP contribution in [0, 0.1) is 0 Å². The summed E-state index contributed by atoms with van der Waals surface area (Å²) in [4.78, 5) is 0. The van der Waals surface area contributed by atoms with Crippen molar-refractivity contribution in [3.63, 3.8) is 0 Å². The monoisotopic (exact) mass is 279 g/mol. The average molecular weight is 280 g/mol. The van der Waals surface area contributed by atoms with Gasteiger partial charge in [-0.15, -0.1) is 11.6 Å². The summed E-state index contributed by atoms with van der Waals surface area (Å²) in [5.74, 6) is -0.246. The Morgan fingerprint density at radius 3 is 2.47 bits per heavy atom. The van der Waals surface area contributed by atoms with Gasteiger partial charge in [0.15, 0.2) is 18.9 Å². The molecule has 0 saturated heterocycles. The summed E-state index contributed by atoms with van der Waals surface area (Å²) in [7, 11) is -4.17. The molecule has 96 valence electrons. The van der Waals surface area contributed by atoms with Crippen LogP contribution < -0.4 is 4.57 Å². The van der Waals surface area contributed by atoms with E-state index in [0.29, 0.717) is 6.54 Å². The fourth-order valence-electron chi connectivity index (χ4n) is 1.31. The summed E-state index contributed by atoms with van der Waals surface area (Å²) in [6.45, 7) is 0.379. The summed E-state index contributed by atoms with van der Waals surface area (Å²) in [6, 6.07) is 3.43. The molecular weight excluding hydrogens is 266 g/mol. The van der Waals surface area contributed by atoms with Crippen molar-refractivity contribution in [2.45, 2.75) is 19.1 Å². The lowest BCUT2D eigenvalue weighted by Gasteiger charge is -2.06. The van der Waals surface area contributed by atoms with E-state index in [1.165, 1.54) is 0 Å². The van der Waals surface area contributed by atoms with E-state index >= 15 is 0 Å². The highest BCUT2D eigenvalue weighted by atomic mass is 35.5. The summed E-state index contributed by atoms with van der Waals surface area (Å²) in [6.07, 6.45) is 3.00. The molecule has 1 N–H and O–H groups in total. The predicted molar refractivity (Wildman–Crippen MR) is 61.6 cm³/mol. The number of halogens is 1. The maximum absolute atomic E-state index is 10.4. The van der Waals surface area contributed by atoms with Gasteiger partial charge in [0, 0.05) is 17.9 Å². The molecule has 1 atom stereocenters. The lowest BCUT2D eigenvalue weighted by Crippen LogP contribution is -2.39. The molecule has 0 fully saturated rings. The Balaban J connectivity index is 2.56. The van der Waals surface area contributed by atoms with Gasteiger partial charge in [-0.3, -0.25) is 0 Å². The van der Waals surface area contributed by atoms with Gasteiger partial charge < -0.3 is 9.66 Å². The highest BCUT2D eigenvalue weighted by Crippen LogP contribution is 1.99. The van der Waals surface area contributed by atoms with Crippen LogP contribution in [0.3, 0.4) is 0 Å². The molecule has 0 unspecified atom stereocenters. The van der Waals surface area contributed by atoms with Crippen LogP contribution in [0.15, 0.2) is 24.5 Å². The van der Waals surface area contributed by atoms with Crippen LogP contribution in [0.25, 0.3) is 0 Å². The molecule has 0 aliphatic carbocycles. The van der Waals surface area contributed by atoms with Gasteiger partial charge in [-0.2, -0.15) is 0 Å². The molecule has 0 amide bonds. The maximum Gasteiger partial charge on any atom is 0.175 e. The highest BCUT2D eigenvalue weighted by molar-refractivity contribution is 7.85. The van der Waals surface area contributed by atoms with Crippen molar-refractivity contribution in [1.29, 1.82) is 0 Å². The SMILES string of the molecule is O=S(=O)([O-])CCc1cc[n+](C[C@@H](O)CCl)cc1. The lowest BCUT2D eigenvalue weighted by molar-refractivity contribution is -0.703. The highest BCUT2D eigenvalue weighted by Gasteiger charge is 2.09. The van der Waals surface area contributed by atoms with Crippen LogP contribution in [0.2, 0.25) is 0 Å². The number of rotatable bonds is 6. The van der Waals surface area contributed by atoms with Gasteiger partial charge in [0.25, 0.3) is 0 Å².